The molecule has 0 amide bonds. The molecule has 0 atom stereocenters. The van der Waals surface area contributed by atoms with Gasteiger partial charge in [-0.2, -0.15) is 0 Å². The molecule has 9 aromatic rings. The summed E-state index contributed by atoms with van der Waals surface area (Å²) in [5.74, 6) is 1.98. The summed E-state index contributed by atoms with van der Waals surface area (Å²) in [7, 11) is 0. The van der Waals surface area contributed by atoms with Crippen LogP contribution >= 0.6 is 0 Å². The van der Waals surface area contributed by atoms with Crippen LogP contribution in [-0.4, -0.2) is 15.0 Å². The van der Waals surface area contributed by atoms with E-state index in [2.05, 4.69) is 178 Å². The Morgan fingerprint density at radius 2 is 0.765 bits per heavy atom. The van der Waals surface area contributed by atoms with Crippen molar-refractivity contribution in [3.63, 3.8) is 0 Å². The molecule has 0 N–H and O–H groups in total. The van der Waals surface area contributed by atoms with Crippen LogP contribution in [0, 0.1) is 0 Å². The Morgan fingerprint density at radius 3 is 1.39 bits per heavy atom. The molecule has 0 unspecified atom stereocenters. The molecule has 0 bridgehead atoms. The van der Waals surface area contributed by atoms with Crippen molar-refractivity contribution in [3.05, 3.63) is 175 Å². The van der Waals surface area contributed by atoms with Crippen LogP contribution in [0.15, 0.2) is 164 Å². The highest BCUT2D eigenvalue weighted by atomic mass is 15.0. The summed E-state index contributed by atoms with van der Waals surface area (Å²) in [6.07, 6.45) is 0. The van der Waals surface area contributed by atoms with E-state index >= 15 is 0 Å². The van der Waals surface area contributed by atoms with Crippen LogP contribution in [-0.2, 0) is 5.41 Å². The second kappa shape index (κ2) is 11.3. The lowest BCUT2D eigenvalue weighted by atomic mass is 9.82. The Hall–Kier alpha value is -6.45. The zero-order chi connectivity index (χ0) is 34.1. The molecule has 1 aliphatic rings. The van der Waals surface area contributed by atoms with Gasteiger partial charge in [0, 0.05) is 22.1 Å². The van der Waals surface area contributed by atoms with Crippen LogP contribution in [0.5, 0.6) is 0 Å². The van der Waals surface area contributed by atoms with E-state index in [0.717, 1.165) is 49.0 Å². The van der Waals surface area contributed by atoms with Crippen LogP contribution < -0.4 is 0 Å². The minimum absolute atomic E-state index is 0.0108. The lowest BCUT2D eigenvalue weighted by Gasteiger charge is -2.21. The number of aromatic nitrogens is 3. The van der Waals surface area contributed by atoms with E-state index in [1.807, 2.05) is 0 Å². The first-order valence-electron chi connectivity index (χ1n) is 17.5. The topological polar surface area (TPSA) is 38.7 Å². The van der Waals surface area contributed by atoms with Crippen molar-refractivity contribution >= 4 is 32.3 Å². The fourth-order valence-corrected chi connectivity index (χ4v) is 8.14. The third kappa shape index (κ3) is 4.69. The molecule has 0 radical (unpaired) electrons. The van der Waals surface area contributed by atoms with E-state index in [9.17, 15) is 0 Å². The Balaban J connectivity index is 1.14. The standard InChI is InChI=1S/C48H33N3/c1-48(2)43-23-8-7-19-38(43)42-29-33(25-27-44(42)48)32-24-26-37-34(28-32)16-11-22-41(37)47-50-45(39-20-9-14-30-12-3-5-17-35(30)39)49-46(51-47)40-21-10-15-31-13-4-6-18-36(31)40/h3-29H,1-2H3. The van der Waals surface area contributed by atoms with E-state index in [1.54, 1.807) is 0 Å². The van der Waals surface area contributed by atoms with Gasteiger partial charge in [-0.25, -0.2) is 15.0 Å². The number of hydrogen-bond donors (Lipinski definition) is 0. The maximum atomic E-state index is 5.21. The molecule has 0 fully saturated rings. The summed E-state index contributed by atoms with van der Waals surface area (Å²) < 4.78 is 0. The van der Waals surface area contributed by atoms with Crippen LogP contribution in [0.25, 0.3) is 88.7 Å². The van der Waals surface area contributed by atoms with E-state index in [1.165, 1.54) is 33.4 Å². The summed E-state index contributed by atoms with van der Waals surface area (Å²) in [6, 6.07) is 58.5. The van der Waals surface area contributed by atoms with Gasteiger partial charge in [0.1, 0.15) is 0 Å². The average Bonchev–Trinajstić information content (AvgIpc) is 3.42. The van der Waals surface area contributed by atoms with Crippen LogP contribution in [0.1, 0.15) is 25.0 Å². The van der Waals surface area contributed by atoms with Crippen molar-refractivity contribution in [1.82, 2.24) is 15.0 Å². The van der Waals surface area contributed by atoms with Gasteiger partial charge in [0.15, 0.2) is 17.5 Å². The van der Waals surface area contributed by atoms with E-state index in [0.29, 0.717) is 17.5 Å². The summed E-state index contributed by atoms with van der Waals surface area (Å²) in [5, 5.41) is 6.78. The van der Waals surface area contributed by atoms with Gasteiger partial charge in [0.05, 0.1) is 0 Å². The van der Waals surface area contributed by atoms with Crippen LogP contribution in [0.3, 0.4) is 0 Å². The van der Waals surface area contributed by atoms with Gasteiger partial charge in [-0.15, -0.1) is 0 Å². The molecule has 1 aliphatic carbocycles. The first-order chi connectivity index (χ1) is 25.0. The zero-order valence-corrected chi connectivity index (χ0v) is 28.4. The Morgan fingerprint density at radius 1 is 0.333 bits per heavy atom. The Kier molecular flexibility index (Phi) is 6.53. The van der Waals surface area contributed by atoms with E-state index < -0.39 is 0 Å². The predicted molar refractivity (Wildman–Crippen MR) is 212 cm³/mol. The van der Waals surface area contributed by atoms with E-state index in [-0.39, 0.29) is 5.41 Å². The SMILES string of the molecule is CC1(C)c2ccccc2-c2cc(-c3ccc4c(-c5nc(-c6cccc7ccccc67)nc(-c6cccc7ccccc67)n5)cccc4c3)ccc21. The molecular formula is C48H33N3. The second-order valence-electron chi connectivity index (χ2n) is 14.0. The normalized spacial score (nSPS) is 13.1. The fourth-order valence-electron chi connectivity index (χ4n) is 8.14. The maximum Gasteiger partial charge on any atom is 0.164 e. The van der Waals surface area contributed by atoms with Crippen LogP contribution in [0.2, 0.25) is 0 Å². The van der Waals surface area contributed by atoms with Gasteiger partial charge in [0.2, 0.25) is 0 Å². The lowest BCUT2D eigenvalue weighted by molar-refractivity contribution is 0.660. The van der Waals surface area contributed by atoms with E-state index in [4.69, 9.17) is 15.0 Å². The van der Waals surface area contributed by atoms with Crippen molar-refractivity contribution in [2.24, 2.45) is 0 Å². The third-order valence-corrected chi connectivity index (χ3v) is 10.7. The monoisotopic (exact) mass is 651 g/mol. The molecule has 3 nitrogen and oxygen atoms in total. The molecule has 1 heterocycles. The molecule has 10 rings (SSSR count). The molecule has 0 saturated carbocycles. The molecule has 240 valence electrons. The van der Waals surface area contributed by atoms with Gasteiger partial charge in [-0.3, -0.25) is 0 Å². The predicted octanol–water partition coefficient (Wildman–Crippen LogP) is 12.3. The largest absolute Gasteiger partial charge is 0.208 e. The maximum absolute atomic E-state index is 5.21. The van der Waals surface area contributed by atoms with Gasteiger partial charge >= 0.3 is 0 Å². The summed E-state index contributed by atoms with van der Waals surface area (Å²) in [6.45, 7) is 4.65. The summed E-state index contributed by atoms with van der Waals surface area (Å²) in [4.78, 5) is 15.6. The lowest BCUT2D eigenvalue weighted by Crippen LogP contribution is -2.14. The number of nitrogens with zero attached hydrogens (tertiary/aromatic N) is 3. The van der Waals surface area contributed by atoms with Gasteiger partial charge < -0.3 is 0 Å². The molecule has 0 aliphatic heterocycles. The van der Waals surface area contributed by atoms with Crippen molar-refractivity contribution in [1.29, 1.82) is 0 Å². The first-order valence-corrected chi connectivity index (χ1v) is 17.5. The second-order valence-corrected chi connectivity index (χ2v) is 14.0. The molecular weight excluding hydrogens is 619 g/mol. The highest BCUT2D eigenvalue weighted by molar-refractivity contribution is 6.00. The van der Waals surface area contributed by atoms with Crippen molar-refractivity contribution in [2.45, 2.75) is 19.3 Å². The highest BCUT2D eigenvalue weighted by Gasteiger charge is 2.35. The minimum atomic E-state index is -0.0108. The Labute approximate surface area is 297 Å². The summed E-state index contributed by atoms with van der Waals surface area (Å²) >= 11 is 0. The molecule has 3 heteroatoms. The van der Waals surface area contributed by atoms with Crippen molar-refractivity contribution < 1.29 is 0 Å². The van der Waals surface area contributed by atoms with Crippen molar-refractivity contribution in [2.75, 3.05) is 0 Å². The smallest absolute Gasteiger partial charge is 0.164 e. The highest BCUT2D eigenvalue weighted by Crippen LogP contribution is 2.49. The van der Waals surface area contributed by atoms with Gasteiger partial charge in [-0.1, -0.05) is 166 Å². The average molecular weight is 652 g/mol. The fraction of sp³-hybridized carbons (Fsp3) is 0.0625. The molecule has 8 aromatic carbocycles. The molecule has 0 saturated heterocycles. The quantitative estimate of drug-likeness (QED) is 0.190. The number of rotatable bonds is 4. The van der Waals surface area contributed by atoms with Gasteiger partial charge in [-0.05, 0) is 77.8 Å². The molecule has 1 aromatic heterocycles. The number of benzene rings is 8. The third-order valence-electron chi connectivity index (χ3n) is 10.7. The van der Waals surface area contributed by atoms with Crippen molar-refractivity contribution in [3.8, 4) is 56.4 Å². The molecule has 0 spiro atoms. The Bertz CT molecular complexity index is 2740. The number of hydrogen-bond acceptors (Lipinski definition) is 3. The number of fused-ring (bicyclic) bond motifs is 6. The molecule has 51 heavy (non-hydrogen) atoms. The summed E-state index contributed by atoms with van der Waals surface area (Å²) in [5.41, 5.74) is 10.8. The minimum Gasteiger partial charge on any atom is -0.208 e. The zero-order valence-electron chi connectivity index (χ0n) is 28.4. The van der Waals surface area contributed by atoms with Gasteiger partial charge in [0.25, 0.3) is 0 Å². The first kappa shape index (κ1) is 29.5. The van der Waals surface area contributed by atoms with Crippen LogP contribution in [0.4, 0.5) is 0 Å².